The summed E-state index contributed by atoms with van der Waals surface area (Å²) in [5.74, 6) is 0. The van der Waals surface area contributed by atoms with E-state index in [2.05, 4.69) is 5.16 Å². The van der Waals surface area contributed by atoms with Gasteiger partial charge in [-0.15, -0.1) is 0 Å². The Bertz CT molecular complexity index is 977. The van der Waals surface area contributed by atoms with Crippen LogP contribution in [0.3, 0.4) is 0 Å². The van der Waals surface area contributed by atoms with E-state index in [-0.39, 0.29) is 18.3 Å². The van der Waals surface area contributed by atoms with E-state index in [0.717, 1.165) is 23.3 Å². The largest absolute Gasteiger partial charge is 0.416 e. The molecule has 1 saturated heterocycles. The molecule has 0 aliphatic carbocycles. The number of rotatable bonds is 8. The monoisotopic (exact) mass is 479 g/mol. The summed E-state index contributed by atoms with van der Waals surface area (Å²) in [5.41, 5.74) is 1.39. The summed E-state index contributed by atoms with van der Waals surface area (Å²) in [6.45, 7) is 1.86. The van der Waals surface area contributed by atoms with Gasteiger partial charge in [-0.2, -0.15) is 13.2 Å². The van der Waals surface area contributed by atoms with Crippen molar-refractivity contribution in [3.05, 3.63) is 70.8 Å². The predicted octanol–water partition coefficient (Wildman–Crippen LogP) is 5.02. The fourth-order valence-electron chi connectivity index (χ4n) is 3.76. The van der Waals surface area contributed by atoms with E-state index in [9.17, 15) is 13.2 Å². The number of nitrogens with zero attached hydrogens (tertiary/aromatic N) is 1. The molecule has 6 nitrogen and oxygen atoms in total. The normalized spacial score (nSPS) is 25.8. The molecule has 1 heterocycles. The van der Waals surface area contributed by atoms with E-state index in [0.29, 0.717) is 5.56 Å². The van der Waals surface area contributed by atoms with Crippen LogP contribution in [0, 0.1) is 0 Å². The average Bonchev–Trinajstić information content (AvgIpc) is 2.82. The summed E-state index contributed by atoms with van der Waals surface area (Å²) in [4.78, 5) is 5.54. The van der Waals surface area contributed by atoms with E-state index >= 15 is 0 Å². The van der Waals surface area contributed by atoms with Gasteiger partial charge in [0.1, 0.15) is 12.2 Å². The predicted molar refractivity (Wildman–Crippen MR) is 122 cm³/mol. The van der Waals surface area contributed by atoms with Crippen molar-refractivity contribution in [1.82, 2.24) is 0 Å². The van der Waals surface area contributed by atoms with E-state index in [1.54, 1.807) is 32.4 Å². The number of methoxy groups -OCH3 is 3. The zero-order valence-electron chi connectivity index (χ0n) is 19.4. The van der Waals surface area contributed by atoms with Crippen molar-refractivity contribution in [2.24, 2.45) is 5.16 Å². The van der Waals surface area contributed by atoms with Crippen LogP contribution in [-0.2, 0) is 30.0 Å². The van der Waals surface area contributed by atoms with Crippen molar-refractivity contribution >= 4 is 18.4 Å². The topological polar surface area (TPSA) is 58.5 Å². The molecule has 1 fully saturated rings. The maximum Gasteiger partial charge on any atom is 0.416 e. The summed E-state index contributed by atoms with van der Waals surface area (Å²) in [6.07, 6.45) is -1.76. The van der Waals surface area contributed by atoms with Crippen LogP contribution in [0.2, 0.25) is 0 Å². The first-order valence-corrected chi connectivity index (χ1v) is 10.6. The Hall–Kier alpha value is -2.72. The molecule has 0 saturated carbocycles. The van der Waals surface area contributed by atoms with Gasteiger partial charge in [0, 0.05) is 21.3 Å². The average molecular weight is 479 g/mol. The third-order valence-corrected chi connectivity index (χ3v) is 5.53. The molecule has 0 unspecified atom stereocenters. The molecule has 0 N–H and O–H groups in total. The minimum absolute atomic E-state index is 0.288. The van der Waals surface area contributed by atoms with Gasteiger partial charge in [-0.3, -0.25) is 0 Å². The highest BCUT2D eigenvalue weighted by atomic mass is 19.4. The van der Waals surface area contributed by atoms with Crippen LogP contribution in [-0.4, -0.2) is 58.2 Å². The number of halogens is 3. The molecule has 184 valence electrons. The van der Waals surface area contributed by atoms with Crippen LogP contribution in [0.1, 0.15) is 29.2 Å². The number of benzene rings is 2. The maximum absolute atomic E-state index is 12.9. The van der Waals surface area contributed by atoms with E-state index in [1.165, 1.54) is 19.4 Å². The van der Waals surface area contributed by atoms with Crippen LogP contribution < -0.4 is 0 Å². The summed E-state index contributed by atoms with van der Waals surface area (Å²) in [7, 11) is 4.69. The van der Waals surface area contributed by atoms with Gasteiger partial charge in [0.25, 0.3) is 6.29 Å². The summed E-state index contributed by atoms with van der Waals surface area (Å²) in [6, 6.07) is 12.4. The van der Waals surface area contributed by atoms with Crippen LogP contribution in [0.5, 0.6) is 0 Å². The first-order chi connectivity index (χ1) is 16.3. The van der Waals surface area contributed by atoms with Crippen molar-refractivity contribution in [3.8, 4) is 0 Å². The van der Waals surface area contributed by atoms with Gasteiger partial charge >= 0.3 is 6.18 Å². The Labute approximate surface area is 196 Å². The van der Waals surface area contributed by atoms with Gasteiger partial charge in [-0.1, -0.05) is 53.7 Å². The molecular formula is C25H28F3NO5. The van der Waals surface area contributed by atoms with Crippen molar-refractivity contribution in [1.29, 1.82) is 0 Å². The molecule has 0 bridgehead atoms. The molecule has 5 atom stereocenters. The van der Waals surface area contributed by atoms with Crippen molar-refractivity contribution in [3.63, 3.8) is 0 Å². The third kappa shape index (κ3) is 6.44. The van der Waals surface area contributed by atoms with Crippen LogP contribution in [0.4, 0.5) is 13.2 Å². The maximum atomic E-state index is 12.9. The lowest BCUT2D eigenvalue weighted by Crippen LogP contribution is -2.59. The van der Waals surface area contributed by atoms with Crippen molar-refractivity contribution in [2.45, 2.75) is 43.8 Å². The standard InChI is InChI=1S/C25H28F3NO5/c1-16-21(30-2)22(31-3)23(32-4)24(33-16)34-29-15-19-12-9-17(10-13-19)8-11-18-6-5-7-20(14-18)25(26,27)28/h5-16,21-24H,1-4H3/b11-8+,29-15?/t16-,21-,22+,23+,24-/m0/s1. The van der Waals surface area contributed by atoms with Crippen LogP contribution in [0.25, 0.3) is 12.2 Å². The van der Waals surface area contributed by atoms with Crippen LogP contribution >= 0.6 is 0 Å². The molecule has 2 aromatic rings. The van der Waals surface area contributed by atoms with E-state index in [4.69, 9.17) is 23.8 Å². The number of oxime groups is 1. The van der Waals surface area contributed by atoms with E-state index < -0.39 is 24.1 Å². The second kappa shape index (κ2) is 11.6. The summed E-state index contributed by atoms with van der Waals surface area (Å²) >= 11 is 0. The molecular weight excluding hydrogens is 451 g/mol. The SMILES string of the molecule is CO[C@@H]1[C@@H](OC)[C@H](C)O[C@@H](ON=Cc2ccc(/C=C/c3cccc(C(F)(F)F)c3)cc2)[C@@H]1OC. The molecule has 1 aliphatic rings. The fourth-order valence-corrected chi connectivity index (χ4v) is 3.76. The lowest BCUT2D eigenvalue weighted by Gasteiger charge is -2.42. The zero-order valence-corrected chi connectivity index (χ0v) is 19.4. The van der Waals surface area contributed by atoms with Gasteiger partial charge in [0.2, 0.25) is 0 Å². The van der Waals surface area contributed by atoms with Crippen LogP contribution in [0.15, 0.2) is 53.7 Å². The summed E-state index contributed by atoms with van der Waals surface area (Å²) < 4.78 is 60.9. The molecule has 0 radical (unpaired) electrons. The molecule has 0 spiro atoms. The van der Waals surface area contributed by atoms with Gasteiger partial charge in [0.15, 0.2) is 6.10 Å². The fraction of sp³-hybridized carbons (Fsp3) is 0.400. The van der Waals surface area contributed by atoms with Gasteiger partial charge in [0.05, 0.1) is 17.9 Å². The first-order valence-electron chi connectivity index (χ1n) is 10.6. The van der Waals surface area contributed by atoms with Gasteiger partial charge < -0.3 is 23.8 Å². The number of alkyl halides is 3. The highest BCUT2D eigenvalue weighted by molar-refractivity contribution is 5.80. The lowest BCUT2D eigenvalue weighted by molar-refractivity contribution is -0.305. The Morgan fingerprint density at radius 1 is 0.824 bits per heavy atom. The third-order valence-electron chi connectivity index (χ3n) is 5.53. The summed E-state index contributed by atoms with van der Waals surface area (Å²) in [5, 5.41) is 4.02. The highest BCUT2D eigenvalue weighted by Crippen LogP contribution is 2.30. The molecule has 34 heavy (non-hydrogen) atoms. The van der Waals surface area contributed by atoms with E-state index in [1.807, 2.05) is 31.2 Å². The van der Waals surface area contributed by atoms with Crippen molar-refractivity contribution < 1.29 is 37.0 Å². The van der Waals surface area contributed by atoms with Gasteiger partial charge in [-0.05, 0) is 35.7 Å². The Kier molecular flexibility index (Phi) is 8.84. The quantitative estimate of drug-likeness (QED) is 0.303. The molecule has 9 heteroatoms. The second-order valence-electron chi connectivity index (χ2n) is 7.77. The molecule has 0 amide bonds. The van der Waals surface area contributed by atoms with Gasteiger partial charge in [-0.25, -0.2) is 0 Å². The zero-order chi connectivity index (χ0) is 24.7. The first kappa shape index (κ1) is 25.9. The molecule has 3 rings (SSSR count). The number of ether oxygens (including phenoxy) is 4. The minimum Gasteiger partial charge on any atom is -0.376 e. The number of hydrogen-bond donors (Lipinski definition) is 0. The second-order valence-corrected chi connectivity index (χ2v) is 7.77. The Morgan fingerprint density at radius 2 is 1.44 bits per heavy atom. The Morgan fingerprint density at radius 3 is 2.06 bits per heavy atom. The minimum atomic E-state index is -4.37. The Balaban J connectivity index is 1.61. The highest BCUT2D eigenvalue weighted by Gasteiger charge is 2.46. The van der Waals surface area contributed by atoms with Crippen molar-refractivity contribution in [2.75, 3.05) is 21.3 Å². The molecule has 2 aromatic carbocycles. The molecule has 0 aromatic heterocycles. The number of hydrogen-bond acceptors (Lipinski definition) is 6. The molecule has 1 aliphatic heterocycles. The smallest absolute Gasteiger partial charge is 0.376 e. The lowest BCUT2D eigenvalue weighted by atomic mass is 9.99.